The number of carbonyl (C=O) groups is 3. The number of aliphatic hydroxyl groups excluding tert-OH is 1. The number of aliphatic hydroxyl groups is 1. The van der Waals surface area contributed by atoms with E-state index in [-0.39, 0.29) is 41.6 Å². The maximum absolute atomic E-state index is 14.2. The molecular weight excluding hydrogens is 554 g/mol. The normalized spacial score (nSPS) is 23.6. The summed E-state index contributed by atoms with van der Waals surface area (Å²) in [6.07, 6.45) is 13.9. The molecule has 0 saturated carbocycles. The summed E-state index contributed by atoms with van der Waals surface area (Å²) in [7, 11) is 0. The van der Waals surface area contributed by atoms with Gasteiger partial charge in [0.25, 0.3) is 11.8 Å². The Morgan fingerprint density at radius 1 is 1.29 bits per heavy atom. The molecule has 3 amide bonds. The molecule has 0 aromatic carbocycles. The molecule has 3 aliphatic heterocycles. The molecule has 1 N–H and O–H groups in total. The zero-order valence-electron chi connectivity index (χ0n) is 25.3. The van der Waals surface area contributed by atoms with Crippen LogP contribution in [0.15, 0.2) is 24.3 Å². The Kier molecular flexibility index (Phi) is 10.3. The molecule has 10 nitrogen and oxygen atoms in total. The average Bonchev–Trinajstić information content (AvgIpc) is 3.59. The number of hydrogen-bond donors (Lipinski definition) is 1. The van der Waals surface area contributed by atoms with Crippen molar-refractivity contribution in [1.29, 1.82) is 0 Å². The van der Waals surface area contributed by atoms with Crippen LogP contribution in [-0.4, -0.2) is 92.0 Å². The van der Waals surface area contributed by atoms with E-state index in [9.17, 15) is 14.4 Å². The third kappa shape index (κ3) is 7.48. The number of thiazole rings is 1. The van der Waals surface area contributed by atoms with E-state index in [2.05, 4.69) is 15.8 Å². The minimum Gasteiger partial charge on any atom is -0.396 e. The van der Waals surface area contributed by atoms with Gasteiger partial charge in [0.1, 0.15) is 11.0 Å². The van der Waals surface area contributed by atoms with Crippen LogP contribution in [0.4, 0.5) is 0 Å². The molecule has 3 atom stereocenters. The monoisotopic (exact) mass is 597 g/mol. The molecule has 228 valence electrons. The van der Waals surface area contributed by atoms with Crippen LogP contribution in [-0.2, 0) is 19.2 Å². The SMILES string of the molecule is C#Cc1cnc(/C=C/C(=O)N2O[C@H](CC(C)C)C(=O)N3C2=CN(C2CCN(CCCCO)C2)C(=O)[C@@H]3CC(C)(C)C)s1. The van der Waals surface area contributed by atoms with Gasteiger partial charge in [-0.15, -0.1) is 17.8 Å². The number of rotatable bonds is 10. The largest absolute Gasteiger partial charge is 0.396 e. The first-order chi connectivity index (χ1) is 19.9. The number of nitrogens with zero attached hydrogens (tertiary/aromatic N) is 5. The van der Waals surface area contributed by atoms with Gasteiger partial charge in [0.05, 0.1) is 23.3 Å². The lowest BCUT2D eigenvalue weighted by Gasteiger charge is -2.49. The van der Waals surface area contributed by atoms with Gasteiger partial charge in [0.2, 0.25) is 5.91 Å². The first-order valence-corrected chi connectivity index (χ1v) is 15.5. The summed E-state index contributed by atoms with van der Waals surface area (Å²) in [5, 5.41) is 10.9. The minimum absolute atomic E-state index is 0.0998. The van der Waals surface area contributed by atoms with Gasteiger partial charge in [-0.05, 0) is 56.1 Å². The van der Waals surface area contributed by atoms with Crippen LogP contribution in [0.3, 0.4) is 0 Å². The number of amides is 3. The van der Waals surface area contributed by atoms with Crippen molar-refractivity contribution >= 4 is 35.1 Å². The zero-order valence-corrected chi connectivity index (χ0v) is 26.1. The number of likely N-dealkylation sites (tertiary alicyclic amines) is 1. The molecule has 4 heterocycles. The molecule has 1 unspecified atom stereocenters. The second-order valence-corrected chi connectivity index (χ2v) is 13.9. The Hall–Kier alpha value is -3.04. The van der Waals surface area contributed by atoms with Gasteiger partial charge in [-0.1, -0.05) is 40.5 Å². The van der Waals surface area contributed by atoms with Crippen LogP contribution in [0.1, 0.15) is 76.6 Å². The highest BCUT2D eigenvalue weighted by atomic mass is 32.1. The van der Waals surface area contributed by atoms with Gasteiger partial charge in [-0.2, -0.15) is 5.06 Å². The summed E-state index contributed by atoms with van der Waals surface area (Å²) in [6, 6.07) is -0.867. The Balaban J connectivity index is 1.70. The predicted molar refractivity (Wildman–Crippen MR) is 161 cm³/mol. The molecule has 2 fully saturated rings. The number of hydrogen-bond acceptors (Lipinski definition) is 8. The number of terminal acetylenes is 1. The van der Waals surface area contributed by atoms with E-state index in [4.69, 9.17) is 16.4 Å². The molecule has 2 saturated heterocycles. The standard InChI is InChI=1S/C31H43N5O5S/c1-7-23-18-32-26(42-23)10-11-28(38)36-27-20-34(22-12-14-33(19-22)13-8-9-15-37)29(39)24(17-31(4,5)6)35(27)30(40)25(41-36)16-21(2)3/h1,10-11,18,20-22,24-25,37H,8-9,12-17,19H2,2-6H3/b11-10+/t22?,24-,25+/m0/s1. The molecule has 0 spiro atoms. The van der Waals surface area contributed by atoms with Gasteiger partial charge in [-0.25, -0.2) is 4.98 Å². The lowest BCUT2D eigenvalue weighted by Crippen LogP contribution is -2.64. The number of unbranched alkanes of at least 4 members (excludes halogenated alkanes) is 1. The highest BCUT2D eigenvalue weighted by Gasteiger charge is 2.51. The first-order valence-electron chi connectivity index (χ1n) is 14.7. The molecule has 1 aromatic heterocycles. The topological polar surface area (TPSA) is 107 Å². The number of hydroxylamine groups is 2. The third-order valence-electron chi connectivity index (χ3n) is 7.56. The van der Waals surface area contributed by atoms with Crippen molar-refractivity contribution in [3.63, 3.8) is 0 Å². The van der Waals surface area contributed by atoms with Crippen LogP contribution >= 0.6 is 11.3 Å². The van der Waals surface area contributed by atoms with E-state index >= 15 is 0 Å². The molecule has 0 aliphatic carbocycles. The van der Waals surface area contributed by atoms with Crippen molar-refractivity contribution in [3.8, 4) is 12.3 Å². The lowest BCUT2D eigenvalue weighted by atomic mass is 9.85. The first kappa shape index (κ1) is 31.9. The van der Waals surface area contributed by atoms with Gasteiger partial charge in [0, 0.05) is 25.8 Å². The summed E-state index contributed by atoms with van der Waals surface area (Å²) in [6.45, 7) is 12.6. The summed E-state index contributed by atoms with van der Waals surface area (Å²) < 4.78 is 0. The third-order valence-corrected chi connectivity index (χ3v) is 8.45. The Morgan fingerprint density at radius 3 is 2.69 bits per heavy atom. The molecule has 0 radical (unpaired) electrons. The second kappa shape index (κ2) is 13.5. The lowest BCUT2D eigenvalue weighted by molar-refractivity contribution is -0.226. The smallest absolute Gasteiger partial charge is 0.276 e. The average molecular weight is 598 g/mol. The van der Waals surface area contributed by atoms with E-state index in [1.807, 2.05) is 34.6 Å². The van der Waals surface area contributed by atoms with E-state index < -0.39 is 18.1 Å². The van der Waals surface area contributed by atoms with Crippen molar-refractivity contribution in [1.82, 2.24) is 24.7 Å². The van der Waals surface area contributed by atoms with Crippen LogP contribution in [0.5, 0.6) is 0 Å². The van der Waals surface area contributed by atoms with Gasteiger partial charge < -0.3 is 14.9 Å². The van der Waals surface area contributed by atoms with Crippen molar-refractivity contribution in [3.05, 3.63) is 34.2 Å². The van der Waals surface area contributed by atoms with Crippen LogP contribution in [0, 0.1) is 23.7 Å². The fourth-order valence-electron chi connectivity index (χ4n) is 5.60. The Morgan fingerprint density at radius 2 is 2.05 bits per heavy atom. The second-order valence-electron chi connectivity index (χ2n) is 12.8. The predicted octanol–water partition coefficient (Wildman–Crippen LogP) is 3.45. The van der Waals surface area contributed by atoms with Crippen LogP contribution in [0.2, 0.25) is 0 Å². The van der Waals surface area contributed by atoms with Crippen LogP contribution in [0.25, 0.3) is 6.08 Å². The van der Waals surface area contributed by atoms with Crippen molar-refractivity contribution in [2.45, 2.75) is 84.9 Å². The molecular formula is C31H43N5O5S. The minimum atomic E-state index is -0.900. The highest BCUT2D eigenvalue weighted by molar-refractivity contribution is 7.13. The fourth-order valence-corrected chi connectivity index (χ4v) is 6.23. The molecule has 3 aliphatic rings. The summed E-state index contributed by atoms with van der Waals surface area (Å²) in [4.78, 5) is 58.3. The number of aromatic nitrogens is 1. The molecule has 42 heavy (non-hydrogen) atoms. The summed E-state index contributed by atoms with van der Waals surface area (Å²) in [5.74, 6) is 2.00. The number of fused-ring (bicyclic) bond motifs is 1. The van der Waals surface area contributed by atoms with E-state index in [0.29, 0.717) is 29.3 Å². The Bertz CT molecular complexity index is 1260. The quantitative estimate of drug-likeness (QED) is 0.250. The fraction of sp³-hybridized carbons (Fsp3) is 0.613. The van der Waals surface area contributed by atoms with Gasteiger partial charge in [-0.3, -0.25) is 24.1 Å². The summed E-state index contributed by atoms with van der Waals surface area (Å²) in [5.41, 5.74) is -0.263. The van der Waals surface area contributed by atoms with E-state index in [1.54, 1.807) is 23.4 Å². The maximum Gasteiger partial charge on any atom is 0.276 e. The summed E-state index contributed by atoms with van der Waals surface area (Å²) >= 11 is 1.29. The van der Waals surface area contributed by atoms with Crippen molar-refractivity contribution in [2.24, 2.45) is 11.3 Å². The molecule has 1 aromatic rings. The zero-order chi connectivity index (χ0) is 30.6. The van der Waals surface area contributed by atoms with E-state index in [0.717, 1.165) is 32.4 Å². The van der Waals surface area contributed by atoms with E-state index in [1.165, 1.54) is 27.4 Å². The molecule has 0 bridgehead atoms. The van der Waals surface area contributed by atoms with Crippen molar-refractivity contribution in [2.75, 3.05) is 26.2 Å². The Labute approximate surface area is 252 Å². The van der Waals surface area contributed by atoms with Gasteiger partial charge >= 0.3 is 0 Å². The maximum atomic E-state index is 14.2. The van der Waals surface area contributed by atoms with Gasteiger partial charge in [0.15, 0.2) is 11.9 Å². The number of carbonyl (C=O) groups excluding carboxylic acids is 3. The molecule has 4 rings (SSSR count). The van der Waals surface area contributed by atoms with Crippen molar-refractivity contribution < 1.29 is 24.3 Å². The van der Waals surface area contributed by atoms with Crippen LogP contribution < -0.4 is 0 Å². The highest BCUT2D eigenvalue weighted by Crippen LogP contribution is 2.37. The molecule has 11 heteroatoms.